The Bertz CT molecular complexity index is 765. The van der Waals surface area contributed by atoms with Crippen LogP contribution in [0.3, 0.4) is 0 Å². The number of hydrogen-bond acceptors (Lipinski definition) is 6. The first-order valence-corrected chi connectivity index (χ1v) is 10.0. The Morgan fingerprint density at radius 1 is 1.28 bits per heavy atom. The number of nitrogens with zero attached hydrogens (tertiary/aromatic N) is 2. The van der Waals surface area contributed by atoms with Crippen molar-refractivity contribution in [3.05, 3.63) is 24.0 Å². The second kappa shape index (κ2) is 9.58. The number of hydrogen-bond donors (Lipinski definition) is 2. The lowest BCUT2D eigenvalue weighted by Gasteiger charge is -2.35. The fourth-order valence-electron chi connectivity index (χ4n) is 3.41. The number of carbonyl (C=O) groups is 3. The fraction of sp³-hybridized carbons (Fsp3) is 0.550. The number of anilines is 2. The first kappa shape index (κ1) is 20.9. The number of ether oxygens (including phenoxy) is 1. The largest absolute Gasteiger partial charge is 0.449 e. The number of carbonyl (C=O) groups excluding carboxylic acids is 3. The van der Waals surface area contributed by atoms with Gasteiger partial charge in [0.05, 0.1) is 12.3 Å². The van der Waals surface area contributed by atoms with E-state index in [1.807, 2.05) is 11.8 Å². The van der Waals surface area contributed by atoms with Crippen LogP contribution in [-0.4, -0.2) is 61.6 Å². The molecule has 2 heterocycles. The maximum atomic E-state index is 14.7. The molecule has 3 rings (SSSR count). The predicted molar refractivity (Wildman–Crippen MR) is 106 cm³/mol. The molecule has 2 saturated heterocycles. The third kappa shape index (κ3) is 5.36. The Balaban J connectivity index is 1.54. The second-order valence-electron chi connectivity index (χ2n) is 7.26. The van der Waals surface area contributed by atoms with Crippen LogP contribution in [-0.2, 0) is 14.3 Å². The van der Waals surface area contributed by atoms with Gasteiger partial charge in [-0.15, -0.1) is 0 Å². The first-order valence-electron chi connectivity index (χ1n) is 10.0. The molecule has 158 valence electrons. The Hall–Kier alpha value is -2.84. The number of amides is 3. The number of halogens is 1. The van der Waals surface area contributed by atoms with Crippen molar-refractivity contribution in [2.45, 2.75) is 38.6 Å². The zero-order valence-electron chi connectivity index (χ0n) is 16.6. The second-order valence-corrected chi connectivity index (χ2v) is 7.26. The highest BCUT2D eigenvalue weighted by molar-refractivity contribution is 6.01. The van der Waals surface area contributed by atoms with E-state index in [9.17, 15) is 18.8 Å². The lowest BCUT2D eigenvalue weighted by atomic mass is 10.1. The standard InChI is InChI=1S/C20H27FN4O4/c1-2-3-12-29-20(28)25-10-8-24(9-11-25)17-6-4-14(13-15(17)21)22-16-5-7-18(26)23-19(16)27/h4,6,13,16,22H,2-3,5,7-12H2,1H3,(H,23,26,27). The summed E-state index contributed by atoms with van der Waals surface area (Å²) >= 11 is 0. The minimum absolute atomic E-state index is 0.259. The van der Waals surface area contributed by atoms with Gasteiger partial charge in [0.15, 0.2) is 0 Å². The summed E-state index contributed by atoms with van der Waals surface area (Å²) in [7, 11) is 0. The molecule has 1 atom stereocenters. The minimum Gasteiger partial charge on any atom is -0.449 e. The van der Waals surface area contributed by atoms with E-state index in [1.165, 1.54) is 6.07 Å². The van der Waals surface area contributed by atoms with Crippen molar-refractivity contribution in [2.24, 2.45) is 0 Å². The van der Waals surface area contributed by atoms with Crippen LogP contribution < -0.4 is 15.5 Å². The number of unbranched alkanes of at least 4 members (excludes halogenated alkanes) is 1. The Kier molecular flexibility index (Phi) is 6.90. The summed E-state index contributed by atoms with van der Waals surface area (Å²) in [6.07, 6.45) is 2.13. The monoisotopic (exact) mass is 406 g/mol. The number of piperazine rings is 1. The van der Waals surface area contributed by atoms with Crippen molar-refractivity contribution in [1.29, 1.82) is 0 Å². The van der Waals surface area contributed by atoms with Gasteiger partial charge in [-0.2, -0.15) is 0 Å². The molecule has 8 nitrogen and oxygen atoms in total. The zero-order chi connectivity index (χ0) is 20.8. The summed E-state index contributed by atoms with van der Waals surface area (Å²) in [5.41, 5.74) is 0.941. The van der Waals surface area contributed by atoms with Gasteiger partial charge < -0.3 is 19.9 Å². The van der Waals surface area contributed by atoms with E-state index in [0.29, 0.717) is 50.6 Å². The van der Waals surface area contributed by atoms with Gasteiger partial charge in [-0.3, -0.25) is 14.9 Å². The molecular formula is C20H27FN4O4. The predicted octanol–water partition coefficient (Wildman–Crippen LogP) is 2.10. The molecule has 2 aliphatic rings. The molecule has 0 spiro atoms. The van der Waals surface area contributed by atoms with Crippen LogP contribution in [0.1, 0.15) is 32.6 Å². The summed E-state index contributed by atoms with van der Waals surface area (Å²) < 4.78 is 19.9. The van der Waals surface area contributed by atoms with Crippen molar-refractivity contribution >= 4 is 29.3 Å². The first-order chi connectivity index (χ1) is 14.0. The lowest BCUT2D eigenvalue weighted by molar-refractivity contribution is -0.133. The quantitative estimate of drug-likeness (QED) is 0.555. The van der Waals surface area contributed by atoms with E-state index < -0.39 is 17.8 Å². The Morgan fingerprint density at radius 3 is 2.69 bits per heavy atom. The topological polar surface area (TPSA) is 91.0 Å². The van der Waals surface area contributed by atoms with Crippen LogP contribution in [0.2, 0.25) is 0 Å². The van der Waals surface area contributed by atoms with Gasteiger partial charge in [-0.1, -0.05) is 13.3 Å². The number of imide groups is 1. The van der Waals surface area contributed by atoms with Crippen LogP contribution in [0, 0.1) is 5.82 Å². The summed E-state index contributed by atoms with van der Waals surface area (Å²) in [5.74, 6) is -1.09. The van der Waals surface area contributed by atoms with E-state index in [1.54, 1.807) is 17.0 Å². The van der Waals surface area contributed by atoms with Gasteiger partial charge in [-0.05, 0) is 31.0 Å². The Morgan fingerprint density at radius 2 is 2.03 bits per heavy atom. The molecule has 2 N–H and O–H groups in total. The van der Waals surface area contributed by atoms with Crippen LogP contribution in [0.4, 0.5) is 20.6 Å². The van der Waals surface area contributed by atoms with E-state index in [2.05, 4.69) is 10.6 Å². The molecule has 0 bridgehead atoms. The molecule has 1 aromatic carbocycles. The van der Waals surface area contributed by atoms with E-state index >= 15 is 0 Å². The van der Waals surface area contributed by atoms with Gasteiger partial charge in [0.25, 0.3) is 0 Å². The molecule has 1 aromatic rings. The third-order valence-corrected chi connectivity index (χ3v) is 5.13. The molecule has 0 radical (unpaired) electrons. The van der Waals surface area contributed by atoms with Crippen LogP contribution in [0.15, 0.2) is 18.2 Å². The average Bonchev–Trinajstić information content (AvgIpc) is 2.70. The highest BCUT2D eigenvalue weighted by Crippen LogP contribution is 2.25. The molecular weight excluding hydrogens is 379 g/mol. The van der Waals surface area contributed by atoms with Gasteiger partial charge in [0.2, 0.25) is 11.8 Å². The summed E-state index contributed by atoms with van der Waals surface area (Å²) in [4.78, 5) is 38.6. The fourth-order valence-corrected chi connectivity index (χ4v) is 3.41. The molecule has 0 aliphatic carbocycles. The molecule has 1 unspecified atom stereocenters. The number of benzene rings is 1. The zero-order valence-corrected chi connectivity index (χ0v) is 16.6. The molecule has 9 heteroatoms. The highest BCUT2D eigenvalue weighted by Gasteiger charge is 2.27. The SMILES string of the molecule is CCCCOC(=O)N1CCN(c2ccc(NC3CCC(=O)NC3=O)cc2F)CC1. The summed E-state index contributed by atoms with van der Waals surface area (Å²) in [6.45, 7) is 4.43. The smallest absolute Gasteiger partial charge is 0.409 e. The van der Waals surface area contributed by atoms with Crippen molar-refractivity contribution in [3.8, 4) is 0 Å². The van der Waals surface area contributed by atoms with Crippen molar-refractivity contribution < 1.29 is 23.5 Å². The van der Waals surface area contributed by atoms with Crippen LogP contribution in [0.5, 0.6) is 0 Å². The Labute approximate surface area is 169 Å². The minimum atomic E-state index is -0.555. The molecule has 2 fully saturated rings. The van der Waals surface area contributed by atoms with E-state index in [4.69, 9.17) is 4.74 Å². The van der Waals surface area contributed by atoms with Gasteiger partial charge in [0, 0.05) is 38.3 Å². The summed E-state index contributed by atoms with van der Waals surface area (Å²) in [5, 5.41) is 5.25. The molecule has 2 aliphatic heterocycles. The van der Waals surface area contributed by atoms with Crippen molar-refractivity contribution in [2.75, 3.05) is 43.0 Å². The van der Waals surface area contributed by atoms with Gasteiger partial charge in [-0.25, -0.2) is 9.18 Å². The highest BCUT2D eigenvalue weighted by atomic mass is 19.1. The molecule has 0 saturated carbocycles. The van der Waals surface area contributed by atoms with Crippen LogP contribution in [0.25, 0.3) is 0 Å². The number of piperidine rings is 1. The van der Waals surface area contributed by atoms with Crippen LogP contribution >= 0.6 is 0 Å². The normalized spacial score (nSPS) is 19.7. The van der Waals surface area contributed by atoms with E-state index in [-0.39, 0.29) is 18.4 Å². The van der Waals surface area contributed by atoms with E-state index in [0.717, 1.165) is 12.8 Å². The number of rotatable bonds is 6. The maximum Gasteiger partial charge on any atom is 0.409 e. The average molecular weight is 406 g/mol. The van der Waals surface area contributed by atoms with Gasteiger partial charge >= 0.3 is 6.09 Å². The van der Waals surface area contributed by atoms with Crippen molar-refractivity contribution in [3.63, 3.8) is 0 Å². The molecule has 0 aromatic heterocycles. The maximum absolute atomic E-state index is 14.7. The molecule has 29 heavy (non-hydrogen) atoms. The van der Waals surface area contributed by atoms with Gasteiger partial charge in [0.1, 0.15) is 11.9 Å². The molecule has 3 amide bonds. The lowest BCUT2D eigenvalue weighted by Crippen LogP contribution is -2.49. The third-order valence-electron chi connectivity index (χ3n) is 5.13. The number of nitrogens with one attached hydrogen (secondary N) is 2. The summed E-state index contributed by atoms with van der Waals surface area (Å²) in [6, 6.07) is 4.18. The van der Waals surface area contributed by atoms with Crippen molar-refractivity contribution in [1.82, 2.24) is 10.2 Å².